The largest absolute Gasteiger partial charge is 0.461 e. The first-order valence-corrected chi connectivity index (χ1v) is 16.2. The summed E-state index contributed by atoms with van der Waals surface area (Å²) >= 11 is 0.557. The molecule has 3 aliphatic rings. The normalized spacial score (nSPS) is 21.0. The topological polar surface area (TPSA) is 112 Å². The highest BCUT2D eigenvalue weighted by Crippen LogP contribution is 2.52. The highest BCUT2D eigenvalue weighted by atomic mass is 32.1. The van der Waals surface area contributed by atoms with Gasteiger partial charge in [0.25, 0.3) is 0 Å². The molecule has 2 saturated heterocycles. The first-order chi connectivity index (χ1) is 22.6. The van der Waals surface area contributed by atoms with Crippen LogP contribution in [0.25, 0.3) is 32.1 Å². The average molecular weight is 695 g/mol. The van der Waals surface area contributed by atoms with Gasteiger partial charge in [-0.25, -0.2) is 4.39 Å². The van der Waals surface area contributed by atoms with Gasteiger partial charge in [-0.15, -0.1) is 11.3 Å². The molecular weight excluding hydrogens is 665 g/mol. The third-order valence-electron chi connectivity index (χ3n) is 9.99. The van der Waals surface area contributed by atoms with Gasteiger partial charge < -0.3 is 20.5 Å². The molecule has 0 spiro atoms. The number of hydrogen-bond donors (Lipinski definition) is 2. The zero-order valence-electron chi connectivity index (χ0n) is 25.5. The van der Waals surface area contributed by atoms with E-state index in [1.165, 1.54) is 11.9 Å². The Labute approximate surface area is 273 Å². The summed E-state index contributed by atoms with van der Waals surface area (Å²) in [6.45, 7) is 1.79. The van der Waals surface area contributed by atoms with E-state index >= 15 is 13.2 Å². The number of benzene rings is 2. The van der Waals surface area contributed by atoms with Gasteiger partial charge in [0, 0.05) is 29.4 Å². The fourth-order valence-corrected chi connectivity index (χ4v) is 8.51. The number of alkyl halides is 6. The van der Waals surface area contributed by atoms with Crippen molar-refractivity contribution in [3.63, 3.8) is 0 Å². The Kier molecular flexibility index (Phi) is 7.68. The predicted octanol–water partition coefficient (Wildman–Crippen LogP) is 7.11. The number of thiophene rings is 1. The molecule has 2 aromatic heterocycles. The van der Waals surface area contributed by atoms with Crippen molar-refractivity contribution in [3.05, 3.63) is 40.7 Å². The highest BCUT2D eigenvalue weighted by Gasteiger charge is 2.47. The van der Waals surface area contributed by atoms with E-state index in [0.717, 1.165) is 50.9 Å². The number of aliphatic hydroxyl groups excluding tert-OH is 1. The van der Waals surface area contributed by atoms with E-state index in [1.807, 2.05) is 0 Å². The van der Waals surface area contributed by atoms with Crippen LogP contribution in [0.5, 0.6) is 6.01 Å². The number of rotatable bonds is 6. The molecule has 1 aliphatic carbocycles. The Morgan fingerprint density at radius 3 is 2.42 bits per heavy atom. The van der Waals surface area contributed by atoms with Crippen molar-refractivity contribution in [2.24, 2.45) is 0 Å². The van der Waals surface area contributed by atoms with Crippen molar-refractivity contribution >= 4 is 43.1 Å². The number of nitrogens with two attached hydrogens (primary N) is 1. The number of fused-ring (bicyclic) bond motifs is 3. The molecule has 4 heterocycles. The van der Waals surface area contributed by atoms with Crippen molar-refractivity contribution in [2.75, 3.05) is 37.4 Å². The van der Waals surface area contributed by atoms with E-state index in [2.05, 4.69) is 14.9 Å². The van der Waals surface area contributed by atoms with Gasteiger partial charge in [0.15, 0.2) is 0 Å². The lowest BCUT2D eigenvalue weighted by molar-refractivity contribution is -0.141. The van der Waals surface area contributed by atoms with E-state index in [0.29, 0.717) is 17.4 Å². The zero-order valence-corrected chi connectivity index (χ0v) is 26.3. The van der Waals surface area contributed by atoms with Crippen LogP contribution in [0.3, 0.4) is 0 Å². The summed E-state index contributed by atoms with van der Waals surface area (Å²) in [6, 6.07) is 2.97. The van der Waals surface area contributed by atoms with Crippen LogP contribution in [-0.2, 0) is 12.4 Å². The number of anilines is 2. The van der Waals surface area contributed by atoms with Crippen molar-refractivity contribution in [3.8, 4) is 23.2 Å². The molecule has 0 atom stereocenters. The Morgan fingerprint density at radius 2 is 1.81 bits per heavy atom. The van der Waals surface area contributed by atoms with E-state index in [4.69, 9.17) is 10.5 Å². The molecule has 0 unspecified atom stereocenters. The standard InChI is InChI=1S/C32H29F7N6O2S/c1-44(15-10-16(46)11-15)28-18-12-20(31(34,35)36)23(17-4-5-21(33)26-22(17)19(13-40)27(41)48-26)24(32(37,38)39)25(18)42-29(43-28)47-14-30-6-2-8-45(30)9-3-7-30/h4-5,12,15-16,46H,2-3,6-11,14,41H2,1H3. The second-order valence-corrected chi connectivity index (χ2v) is 13.8. The van der Waals surface area contributed by atoms with E-state index in [9.17, 15) is 27.9 Å². The fraction of sp³-hybridized carbons (Fsp3) is 0.469. The minimum Gasteiger partial charge on any atom is -0.461 e. The Balaban J connectivity index is 1.54. The van der Waals surface area contributed by atoms with Crippen LogP contribution in [0.15, 0.2) is 18.2 Å². The summed E-state index contributed by atoms with van der Waals surface area (Å²) in [5.41, 5.74) is -1.10. The van der Waals surface area contributed by atoms with Gasteiger partial charge in [-0.05, 0) is 69.3 Å². The maximum Gasteiger partial charge on any atom is 0.419 e. The zero-order chi connectivity index (χ0) is 34.3. The maximum absolute atomic E-state index is 15.4. The fourth-order valence-electron chi connectivity index (χ4n) is 7.56. The van der Waals surface area contributed by atoms with Crippen LogP contribution in [0.4, 0.5) is 41.6 Å². The third kappa shape index (κ3) is 5.17. The number of aromatic nitrogens is 2. The van der Waals surface area contributed by atoms with Gasteiger partial charge in [0.1, 0.15) is 29.3 Å². The predicted molar refractivity (Wildman–Crippen MR) is 165 cm³/mol. The first-order valence-electron chi connectivity index (χ1n) is 15.4. The molecule has 48 heavy (non-hydrogen) atoms. The third-order valence-corrected chi connectivity index (χ3v) is 11.0. The van der Waals surface area contributed by atoms with Gasteiger partial charge in [-0.3, -0.25) is 4.90 Å². The Hall–Kier alpha value is -3.94. The van der Waals surface area contributed by atoms with E-state index < -0.39 is 80.4 Å². The molecule has 4 aromatic rings. The Morgan fingerprint density at radius 1 is 1.12 bits per heavy atom. The molecule has 16 heteroatoms. The number of nitrogen functional groups attached to an aromatic ring is 1. The van der Waals surface area contributed by atoms with Crippen molar-refractivity contribution in [1.29, 1.82) is 5.26 Å². The summed E-state index contributed by atoms with van der Waals surface area (Å²) < 4.78 is 112. The highest BCUT2D eigenvalue weighted by molar-refractivity contribution is 7.23. The lowest BCUT2D eigenvalue weighted by Gasteiger charge is -2.39. The summed E-state index contributed by atoms with van der Waals surface area (Å²) in [7, 11) is 1.49. The van der Waals surface area contributed by atoms with Crippen molar-refractivity contribution in [1.82, 2.24) is 14.9 Å². The van der Waals surface area contributed by atoms with Crippen LogP contribution in [-0.4, -0.2) is 64.4 Å². The smallest absolute Gasteiger partial charge is 0.419 e. The lowest BCUT2D eigenvalue weighted by Crippen LogP contribution is -2.46. The Bertz CT molecular complexity index is 1970. The van der Waals surface area contributed by atoms with Crippen molar-refractivity contribution in [2.45, 2.75) is 68.6 Å². The molecule has 254 valence electrons. The molecule has 0 radical (unpaired) electrons. The van der Waals surface area contributed by atoms with E-state index in [-0.39, 0.29) is 40.5 Å². The monoisotopic (exact) mass is 694 g/mol. The molecule has 1 saturated carbocycles. The summed E-state index contributed by atoms with van der Waals surface area (Å²) in [5.74, 6) is -1.17. The number of halogens is 7. The number of nitriles is 1. The van der Waals surface area contributed by atoms with Crippen LogP contribution in [0.2, 0.25) is 0 Å². The number of nitrogens with zero attached hydrogens (tertiary/aromatic N) is 5. The van der Waals surface area contributed by atoms with Crippen LogP contribution in [0, 0.1) is 17.1 Å². The number of hydrogen-bond acceptors (Lipinski definition) is 9. The number of aliphatic hydroxyl groups is 1. The van der Waals surface area contributed by atoms with Crippen LogP contribution < -0.4 is 15.4 Å². The molecule has 3 fully saturated rings. The molecule has 3 N–H and O–H groups in total. The molecule has 7 rings (SSSR count). The lowest BCUT2D eigenvalue weighted by atomic mass is 9.87. The van der Waals surface area contributed by atoms with Gasteiger partial charge >= 0.3 is 18.4 Å². The van der Waals surface area contributed by atoms with Crippen LogP contribution >= 0.6 is 11.3 Å². The maximum atomic E-state index is 15.4. The second-order valence-electron chi connectivity index (χ2n) is 12.7. The first kappa shape index (κ1) is 32.6. The van der Waals surface area contributed by atoms with Gasteiger partial charge in [-0.1, -0.05) is 6.07 Å². The van der Waals surface area contributed by atoms with Gasteiger partial charge in [-0.2, -0.15) is 41.6 Å². The molecular formula is C32H29F7N6O2S. The van der Waals surface area contributed by atoms with E-state index in [1.54, 1.807) is 6.07 Å². The molecule has 0 amide bonds. The average Bonchev–Trinajstić information content (AvgIpc) is 3.68. The van der Waals surface area contributed by atoms with Gasteiger partial charge in [0.2, 0.25) is 0 Å². The SMILES string of the molecule is CN(c1nc(OCC23CCCN2CCC3)nc2c(C(F)(F)F)c(-c3ccc(F)c4sc(N)c(C#N)c34)c(C(F)(F)F)cc12)C1CC(O)C1. The molecule has 0 bridgehead atoms. The number of ether oxygens (including phenoxy) is 1. The minimum atomic E-state index is -5.43. The molecule has 8 nitrogen and oxygen atoms in total. The molecule has 2 aromatic carbocycles. The summed E-state index contributed by atoms with van der Waals surface area (Å²) in [5, 5.41) is 18.5. The minimum absolute atomic E-state index is 0.0803. The second kappa shape index (κ2) is 11.3. The van der Waals surface area contributed by atoms with Crippen molar-refractivity contribution < 1.29 is 40.6 Å². The molecule has 2 aliphatic heterocycles. The van der Waals surface area contributed by atoms with Crippen LogP contribution in [0.1, 0.15) is 55.2 Å². The summed E-state index contributed by atoms with van der Waals surface area (Å²) in [6.07, 6.45) is -7.51. The van der Waals surface area contributed by atoms with Gasteiger partial charge in [0.05, 0.1) is 38.5 Å². The quantitative estimate of drug-likeness (QED) is 0.206. The summed E-state index contributed by atoms with van der Waals surface area (Å²) in [4.78, 5) is 12.3.